The summed E-state index contributed by atoms with van der Waals surface area (Å²) >= 11 is 0. The summed E-state index contributed by atoms with van der Waals surface area (Å²) in [4.78, 5) is 0. The molecular formula is C28H38NO2P. The lowest BCUT2D eigenvalue weighted by atomic mass is 9.48. The van der Waals surface area contributed by atoms with Gasteiger partial charge in [-0.15, -0.1) is 0 Å². The van der Waals surface area contributed by atoms with Crippen LogP contribution < -0.4 is 9.05 Å². The first-order chi connectivity index (χ1) is 15.6. The zero-order chi connectivity index (χ0) is 21.1. The van der Waals surface area contributed by atoms with Crippen molar-refractivity contribution in [1.29, 1.82) is 0 Å². The maximum Gasteiger partial charge on any atom is 0.385 e. The summed E-state index contributed by atoms with van der Waals surface area (Å²) in [5, 5.41) is 0. The fourth-order valence-corrected chi connectivity index (χ4v) is 12.4. The van der Waals surface area contributed by atoms with Gasteiger partial charge in [0, 0.05) is 12.1 Å². The second kappa shape index (κ2) is 6.66. The molecule has 10 rings (SSSR count). The van der Waals surface area contributed by atoms with E-state index >= 15 is 0 Å². The van der Waals surface area contributed by atoms with E-state index in [1.165, 1.54) is 77.0 Å². The molecule has 1 heterocycles. The molecule has 172 valence electrons. The molecule has 0 aromatic heterocycles. The molecule has 9 aliphatic rings. The molecule has 4 heteroatoms. The molecule has 0 saturated heterocycles. The van der Waals surface area contributed by atoms with Crippen LogP contribution in [-0.2, 0) is 5.41 Å². The molecule has 8 fully saturated rings. The van der Waals surface area contributed by atoms with Crippen LogP contribution in [0.25, 0.3) is 0 Å². The van der Waals surface area contributed by atoms with Gasteiger partial charge in [-0.3, -0.25) is 0 Å². The molecule has 0 spiro atoms. The minimum absolute atomic E-state index is 0.347. The van der Waals surface area contributed by atoms with Crippen LogP contribution >= 0.6 is 8.53 Å². The first-order valence-electron chi connectivity index (χ1n) is 13.7. The van der Waals surface area contributed by atoms with Crippen LogP contribution in [0.4, 0.5) is 0 Å². The second-order valence-corrected chi connectivity index (χ2v) is 14.5. The Morgan fingerprint density at radius 1 is 0.750 bits per heavy atom. The molecule has 0 N–H and O–H groups in total. The van der Waals surface area contributed by atoms with Crippen LogP contribution in [0.15, 0.2) is 18.2 Å². The monoisotopic (exact) mass is 451 g/mol. The van der Waals surface area contributed by atoms with E-state index in [0.717, 1.165) is 53.6 Å². The Bertz CT molecular complexity index is 873. The molecule has 8 bridgehead atoms. The Morgan fingerprint density at radius 2 is 1.25 bits per heavy atom. The largest absolute Gasteiger partial charge is 0.423 e. The first-order valence-corrected chi connectivity index (χ1v) is 14.8. The number of benzene rings is 1. The summed E-state index contributed by atoms with van der Waals surface area (Å²) < 4.78 is 16.0. The normalized spacial score (nSPS) is 49.4. The van der Waals surface area contributed by atoms with Crippen LogP contribution in [0, 0.1) is 35.5 Å². The van der Waals surface area contributed by atoms with Crippen molar-refractivity contribution in [2.45, 2.75) is 94.9 Å². The summed E-state index contributed by atoms with van der Waals surface area (Å²) in [6.07, 6.45) is 17.4. The quantitative estimate of drug-likeness (QED) is 0.444. The van der Waals surface area contributed by atoms with Crippen molar-refractivity contribution in [3.05, 3.63) is 23.8 Å². The van der Waals surface area contributed by atoms with Crippen molar-refractivity contribution in [3.8, 4) is 11.5 Å². The average molecular weight is 452 g/mol. The maximum absolute atomic E-state index is 6.72. The van der Waals surface area contributed by atoms with Gasteiger partial charge in [-0.2, -0.15) is 0 Å². The van der Waals surface area contributed by atoms with Gasteiger partial charge in [0.2, 0.25) is 0 Å². The van der Waals surface area contributed by atoms with E-state index in [1.807, 2.05) is 0 Å². The van der Waals surface area contributed by atoms with Crippen molar-refractivity contribution in [3.63, 3.8) is 0 Å². The summed E-state index contributed by atoms with van der Waals surface area (Å²) in [6.45, 7) is 3.38. The van der Waals surface area contributed by atoms with Crippen LogP contribution in [0.1, 0.15) is 89.5 Å². The highest BCUT2D eigenvalue weighted by Gasteiger charge is 2.57. The van der Waals surface area contributed by atoms with Crippen molar-refractivity contribution >= 4 is 8.53 Å². The molecule has 1 aliphatic heterocycles. The number of hydrogen-bond acceptors (Lipinski definition) is 3. The molecule has 0 amide bonds. The second-order valence-electron chi connectivity index (χ2n) is 13.1. The van der Waals surface area contributed by atoms with Gasteiger partial charge in [0.05, 0.1) is 0 Å². The van der Waals surface area contributed by atoms with E-state index in [2.05, 4.69) is 29.8 Å². The average Bonchev–Trinajstić information content (AvgIpc) is 3.14. The highest BCUT2D eigenvalue weighted by Crippen LogP contribution is 2.66. The van der Waals surface area contributed by atoms with Gasteiger partial charge in [0.15, 0.2) is 11.5 Å². The molecule has 1 aromatic rings. The van der Waals surface area contributed by atoms with Gasteiger partial charge in [0.25, 0.3) is 0 Å². The van der Waals surface area contributed by atoms with E-state index < -0.39 is 8.53 Å². The zero-order valence-electron chi connectivity index (χ0n) is 19.6. The van der Waals surface area contributed by atoms with E-state index in [-0.39, 0.29) is 0 Å². The number of fused-ring (bicyclic) bond motifs is 1. The summed E-state index contributed by atoms with van der Waals surface area (Å²) in [6, 6.07) is 7.09. The van der Waals surface area contributed by atoms with Crippen LogP contribution in [-0.4, -0.2) is 16.8 Å². The van der Waals surface area contributed by atoms with Crippen LogP contribution in [0.3, 0.4) is 0 Å². The third-order valence-corrected chi connectivity index (χ3v) is 12.8. The minimum Gasteiger partial charge on any atom is -0.423 e. The Labute approximate surface area is 194 Å². The fraction of sp³-hybridized carbons (Fsp3) is 0.786. The van der Waals surface area contributed by atoms with Crippen molar-refractivity contribution in [2.75, 3.05) is 6.54 Å². The Kier molecular flexibility index (Phi) is 4.06. The number of rotatable bonds is 4. The van der Waals surface area contributed by atoms with E-state index in [9.17, 15) is 0 Å². The Balaban J connectivity index is 1.07. The van der Waals surface area contributed by atoms with Gasteiger partial charge < -0.3 is 9.05 Å². The Morgan fingerprint density at radius 3 is 1.78 bits per heavy atom. The van der Waals surface area contributed by atoms with Gasteiger partial charge in [-0.1, -0.05) is 13.0 Å². The fourth-order valence-electron chi connectivity index (χ4n) is 10.7. The Hall–Kier alpha value is -0.790. The molecular weight excluding hydrogens is 413 g/mol. The van der Waals surface area contributed by atoms with Gasteiger partial charge >= 0.3 is 8.53 Å². The SMILES string of the molecule is CCN(P1Oc2ccc(C34CC5CC(CC(C5)C3)C4)cc2O1)C12CC3CC(CC(C3)C1)C2. The third-order valence-electron chi connectivity index (χ3n) is 11.0. The highest BCUT2D eigenvalue weighted by atomic mass is 31.2. The summed E-state index contributed by atoms with van der Waals surface area (Å²) in [5.41, 5.74) is 2.34. The van der Waals surface area contributed by atoms with Crippen molar-refractivity contribution in [1.82, 2.24) is 4.67 Å². The van der Waals surface area contributed by atoms with Crippen molar-refractivity contribution in [2.24, 2.45) is 35.5 Å². The smallest absolute Gasteiger partial charge is 0.385 e. The lowest BCUT2D eigenvalue weighted by molar-refractivity contribution is -0.0580. The molecule has 8 saturated carbocycles. The van der Waals surface area contributed by atoms with Gasteiger partial charge in [-0.25, -0.2) is 4.67 Å². The predicted molar refractivity (Wildman–Crippen MR) is 128 cm³/mol. The van der Waals surface area contributed by atoms with Crippen LogP contribution in [0.5, 0.6) is 11.5 Å². The standard InChI is InChI=1S/C28H38NO2P/c1-2-29(28-15-21-8-22(16-28)10-23(9-21)17-28)32-30-25-4-3-24(11-26(25)31-32)27-12-18-5-19(13-27)7-20(6-18)14-27/h3-4,11,18-23H,2,5-10,12-17H2,1H3. The first kappa shape index (κ1) is 19.5. The zero-order valence-corrected chi connectivity index (χ0v) is 20.5. The minimum atomic E-state index is -1.01. The topological polar surface area (TPSA) is 21.7 Å². The highest BCUT2D eigenvalue weighted by molar-refractivity contribution is 7.45. The molecule has 1 unspecified atom stereocenters. The summed E-state index contributed by atoms with van der Waals surface area (Å²) in [5.74, 6) is 7.87. The molecule has 8 aliphatic carbocycles. The molecule has 3 nitrogen and oxygen atoms in total. The predicted octanol–water partition coefficient (Wildman–Crippen LogP) is 7.44. The maximum atomic E-state index is 6.72. The number of nitrogens with zero attached hydrogens (tertiary/aromatic N) is 1. The van der Waals surface area contributed by atoms with Gasteiger partial charge in [-0.05, 0) is 136 Å². The molecule has 1 atom stereocenters. The van der Waals surface area contributed by atoms with Crippen LogP contribution in [0.2, 0.25) is 0 Å². The van der Waals surface area contributed by atoms with E-state index in [1.54, 1.807) is 5.56 Å². The lowest BCUT2D eigenvalue weighted by Crippen LogP contribution is -2.58. The molecule has 1 aromatic carbocycles. The molecule has 32 heavy (non-hydrogen) atoms. The third kappa shape index (κ3) is 2.73. The molecule has 0 radical (unpaired) electrons. The summed E-state index contributed by atoms with van der Waals surface area (Å²) in [7, 11) is -1.01. The van der Waals surface area contributed by atoms with Gasteiger partial charge in [0.1, 0.15) is 0 Å². The van der Waals surface area contributed by atoms with E-state index in [0.29, 0.717) is 11.0 Å². The van der Waals surface area contributed by atoms with E-state index in [4.69, 9.17) is 9.05 Å². The number of hydrogen-bond donors (Lipinski definition) is 0. The lowest BCUT2D eigenvalue weighted by Gasteiger charge is -2.60. The van der Waals surface area contributed by atoms with Crippen molar-refractivity contribution < 1.29 is 9.05 Å².